The quantitative estimate of drug-likeness (QED) is 0.419. The van der Waals surface area contributed by atoms with Crippen molar-refractivity contribution in [3.05, 3.63) is 57.6 Å². The first kappa shape index (κ1) is 29.8. The van der Waals surface area contributed by atoms with Crippen molar-refractivity contribution >= 4 is 22.5 Å². The van der Waals surface area contributed by atoms with E-state index in [9.17, 15) is 23.2 Å². The summed E-state index contributed by atoms with van der Waals surface area (Å²) in [7, 11) is 1.64. The summed E-state index contributed by atoms with van der Waals surface area (Å²) < 4.78 is 48.1. The number of aryl methyl sites for hydroxylation is 1. The zero-order chi connectivity index (χ0) is 30.2. The minimum absolute atomic E-state index is 0.0303. The maximum absolute atomic E-state index is 13.7. The van der Waals surface area contributed by atoms with E-state index in [0.29, 0.717) is 61.9 Å². The van der Waals surface area contributed by atoms with Crippen molar-refractivity contribution < 1.29 is 17.9 Å². The fourth-order valence-corrected chi connectivity index (χ4v) is 6.22. The summed E-state index contributed by atoms with van der Waals surface area (Å²) in [5.41, 5.74) is 1.74. The number of benzene rings is 1. The Labute approximate surface area is 243 Å². The van der Waals surface area contributed by atoms with Crippen molar-refractivity contribution in [2.75, 3.05) is 49.2 Å². The molecule has 2 aliphatic rings. The van der Waals surface area contributed by atoms with Gasteiger partial charge in [-0.05, 0) is 49.6 Å². The number of morpholine rings is 1. The van der Waals surface area contributed by atoms with Crippen molar-refractivity contribution in [1.82, 2.24) is 19.4 Å². The van der Waals surface area contributed by atoms with Gasteiger partial charge in [-0.15, -0.1) is 0 Å². The third-order valence-corrected chi connectivity index (χ3v) is 8.66. The molecule has 0 bridgehead atoms. The largest absolute Gasteiger partial charge is 0.416 e. The van der Waals surface area contributed by atoms with E-state index >= 15 is 0 Å². The van der Waals surface area contributed by atoms with E-state index in [1.54, 1.807) is 25.2 Å². The highest BCUT2D eigenvalue weighted by molar-refractivity contribution is 5.86. The molecule has 3 aromatic rings. The maximum atomic E-state index is 13.7. The third kappa shape index (κ3) is 5.55. The Hall–Kier alpha value is -3.69. The zero-order valence-electron chi connectivity index (χ0n) is 24.4. The van der Waals surface area contributed by atoms with Crippen LogP contribution in [0.15, 0.2) is 35.1 Å². The summed E-state index contributed by atoms with van der Waals surface area (Å²) >= 11 is 0. The predicted octanol–water partition coefficient (Wildman–Crippen LogP) is 4.50. The Kier molecular flexibility index (Phi) is 8.44. The van der Waals surface area contributed by atoms with Gasteiger partial charge in [0.25, 0.3) is 0 Å². The normalized spacial score (nSPS) is 21.0. The van der Waals surface area contributed by atoms with Gasteiger partial charge in [0.1, 0.15) is 17.3 Å². The standard InChI is InChI=1S/C30H36F3N7O2/c1-5-22-18-40(28-27-25(37(4)29(41)36-28)10-8-21(16-34)35-27)23(6-2)17-39(22)19(3)24-9-7-20(30(31,32)33)15-26(24)38-11-13-42-14-12-38/h7-10,15,19,22-23H,5-6,11-14,17-18H2,1-4H3/t19?,22-,23+/m1/s1. The number of aromatic nitrogens is 3. The first-order chi connectivity index (χ1) is 20.1. The van der Waals surface area contributed by atoms with E-state index in [1.807, 2.05) is 4.90 Å². The number of ether oxygens (including phenoxy) is 1. The van der Waals surface area contributed by atoms with Crippen molar-refractivity contribution in [2.24, 2.45) is 7.05 Å². The Morgan fingerprint density at radius 3 is 2.43 bits per heavy atom. The molecule has 2 fully saturated rings. The van der Waals surface area contributed by atoms with Crippen LogP contribution in [-0.4, -0.2) is 70.9 Å². The monoisotopic (exact) mass is 583 g/mol. The number of fused-ring (bicyclic) bond motifs is 1. The Morgan fingerprint density at radius 2 is 1.79 bits per heavy atom. The maximum Gasteiger partial charge on any atom is 0.416 e. The second kappa shape index (κ2) is 11.9. The lowest BCUT2D eigenvalue weighted by atomic mass is 9.95. The summed E-state index contributed by atoms with van der Waals surface area (Å²) in [5.74, 6) is 0.464. The molecule has 0 amide bonds. The minimum atomic E-state index is -4.43. The lowest BCUT2D eigenvalue weighted by Crippen LogP contribution is -2.59. The number of halogens is 3. The van der Waals surface area contributed by atoms with E-state index in [4.69, 9.17) is 4.74 Å². The van der Waals surface area contributed by atoms with Crippen LogP contribution in [0.25, 0.3) is 11.0 Å². The van der Waals surface area contributed by atoms with Gasteiger partial charge in [0.15, 0.2) is 5.82 Å². The first-order valence-corrected chi connectivity index (χ1v) is 14.4. The zero-order valence-corrected chi connectivity index (χ0v) is 24.4. The Morgan fingerprint density at radius 1 is 1.07 bits per heavy atom. The van der Waals surface area contributed by atoms with Crippen LogP contribution in [0.4, 0.5) is 24.7 Å². The molecule has 2 aromatic heterocycles. The number of pyridine rings is 1. The van der Waals surface area contributed by atoms with Crippen LogP contribution >= 0.6 is 0 Å². The van der Waals surface area contributed by atoms with Crippen LogP contribution in [-0.2, 0) is 18.0 Å². The van der Waals surface area contributed by atoms with Gasteiger partial charge in [0, 0.05) is 57.0 Å². The Bertz CT molecular complexity index is 1540. The van der Waals surface area contributed by atoms with Crippen LogP contribution in [0.5, 0.6) is 0 Å². The lowest BCUT2D eigenvalue weighted by Gasteiger charge is -2.49. The first-order valence-electron chi connectivity index (χ1n) is 14.4. The van der Waals surface area contributed by atoms with Gasteiger partial charge in [-0.1, -0.05) is 19.9 Å². The highest BCUT2D eigenvalue weighted by Crippen LogP contribution is 2.40. The van der Waals surface area contributed by atoms with Crippen molar-refractivity contribution in [1.29, 1.82) is 5.26 Å². The van der Waals surface area contributed by atoms with E-state index in [-0.39, 0.29) is 23.8 Å². The van der Waals surface area contributed by atoms with Crippen LogP contribution in [0, 0.1) is 11.3 Å². The van der Waals surface area contributed by atoms with Crippen molar-refractivity contribution in [3.8, 4) is 6.07 Å². The molecule has 3 atom stereocenters. The molecule has 0 aliphatic carbocycles. The van der Waals surface area contributed by atoms with Gasteiger partial charge >= 0.3 is 11.9 Å². The van der Waals surface area contributed by atoms with Crippen LogP contribution in [0.1, 0.15) is 56.5 Å². The average Bonchev–Trinajstić information content (AvgIpc) is 3.01. The number of nitriles is 1. The average molecular weight is 584 g/mol. The summed E-state index contributed by atoms with van der Waals surface area (Å²) in [6.07, 6.45) is -2.90. The fraction of sp³-hybridized carbons (Fsp3) is 0.533. The van der Waals surface area contributed by atoms with E-state index in [2.05, 4.69) is 46.6 Å². The molecule has 5 rings (SSSR count). The highest BCUT2D eigenvalue weighted by atomic mass is 19.4. The number of piperazine rings is 1. The molecule has 224 valence electrons. The lowest BCUT2D eigenvalue weighted by molar-refractivity contribution is -0.137. The molecule has 1 unspecified atom stereocenters. The third-order valence-electron chi connectivity index (χ3n) is 8.66. The molecule has 2 aliphatic heterocycles. The molecule has 2 saturated heterocycles. The molecule has 0 spiro atoms. The molecule has 42 heavy (non-hydrogen) atoms. The molecule has 0 N–H and O–H groups in total. The molecule has 12 heteroatoms. The second-order valence-electron chi connectivity index (χ2n) is 11.0. The van der Waals surface area contributed by atoms with Gasteiger partial charge < -0.3 is 14.5 Å². The van der Waals surface area contributed by atoms with Crippen molar-refractivity contribution in [2.45, 2.75) is 57.9 Å². The molecular formula is C30H36F3N7O2. The molecule has 9 nitrogen and oxygen atoms in total. The van der Waals surface area contributed by atoms with E-state index < -0.39 is 17.4 Å². The summed E-state index contributed by atoms with van der Waals surface area (Å²) in [4.78, 5) is 28.3. The predicted molar refractivity (Wildman–Crippen MR) is 155 cm³/mol. The van der Waals surface area contributed by atoms with Crippen LogP contribution in [0.2, 0.25) is 0 Å². The SMILES string of the molecule is CC[C@H]1CN(C(C)c2ccc(C(F)(F)F)cc2N2CCOCC2)[C@H](CC)CN1c1nc(=O)n(C)c2ccc(C#N)nc12. The second-order valence-corrected chi connectivity index (χ2v) is 11.0. The molecular weight excluding hydrogens is 547 g/mol. The van der Waals surface area contributed by atoms with Gasteiger partial charge in [-0.25, -0.2) is 9.78 Å². The summed E-state index contributed by atoms with van der Waals surface area (Å²) in [6.45, 7) is 9.40. The number of alkyl halides is 3. The number of hydrogen-bond acceptors (Lipinski definition) is 8. The van der Waals surface area contributed by atoms with E-state index in [1.165, 1.54) is 16.7 Å². The molecule has 0 radical (unpaired) electrons. The summed E-state index contributed by atoms with van der Waals surface area (Å²) in [6, 6.07) is 9.31. The molecule has 1 aromatic carbocycles. The Balaban J connectivity index is 1.53. The van der Waals surface area contributed by atoms with Crippen LogP contribution in [0.3, 0.4) is 0 Å². The van der Waals surface area contributed by atoms with Gasteiger partial charge in [0.2, 0.25) is 0 Å². The van der Waals surface area contributed by atoms with Gasteiger partial charge in [0.05, 0.1) is 24.3 Å². The highest BCUT2D eigenvalue weighted by Gasteiger charge is 2.39. The van der Waals surface area contributed by atoms with Crippen LogP contribution < -0.4 is 15.5 Å². The number of hydrogen-bond donors (Lipinski definition) is 0. The number of nitrogens with zero attached hydrogens (tertiary/aromatic N) is 7. The number of anilines is 2. The smallest absolute Gasteiger partial charge is 0.378 e. The summed E-state index contributed by atoms with van der Waals surface area (Å²) in [5, 5.41) is 9.49. The van der Waals surface area contributed by atoms with Gasteiger partial charge in [-0.3, -0.25) is 9.47 Å². The molecule has 4 heterocycles. The van der Waals surface area contributed by atoms with E-state index in [0.717, 1.165) is 18.4 Å². The topological polar surface area (TPSA) is 90.5 Å². The minimum Gasteiger partial charge on any atom is -0.378 e. The van der Waals surface area contributed by atoms with Crippen molar-refractivity contribution in [3.63, 3.8) is 0 Å². The number of rotatable bonds is 6. The van der Waals surface area contributed by atoms with Gasteiger partial charge in [-0.2, -0.15) is 23.4 Å². The fourth-order valence-electron chi connectivity index (χ4n) is 6.22. The molecule has 0 saturated carbocycles.